The van der Waals surface area contributed by atoms with Gasteiger partial charge < -0.3 is 19.5 Å². The third kappa shape index (κ3) is 6.00. The van der Waals surface area contributed by atoms with Crippen LogP contribution in [0.4, 0.5) is 9.18 Å². The van der Waals surface area contributed by atoms with Crippen LogP contribution in [-0.4, -0.2) is 47.4 Å². The van der Waals surface area contributed by atoms with E-state index in [9.17, 15) is 9.18 Å². The molecule has 1 amide bonds. The fourth-order valence-electron chi connectivity index (χ4n) is 5.09. The first kappa shape index (κ1) is 23.0. The lowest BCUT2D eigenvalue weighted by Gasteiger charge is -2.34. The molecule has 2 fully saturated rings. The molecule has 0 radical (unpaired) electrons. The van der Waals surface area contributed by atoms with Crippen molar-refractivity contribution in [2.75, 3.05) is 19.6 Å². The molecule has 1 N–H and O–H groups in total. The smallest absolute Gasteiger partial charge is 0.407 e. The molecular weight excluding hydrogens is 409 g/mol. The van der Waals surface area contributed by atoms with Gasteiger partial charge in [0.25, 0.3) is 0 Å². The molecule has 1 aliphatic heterocycles. The molecule has 32 heavy (non-hydrogen) atoms. The Morgan fingerprint density at radius 3 is 2.59 bits per heavy atom. The number of ether oxygens (including phenoxy) is 1. The van der Waals surface area contributed by atoms with E-state index in [-0.39, 0.29) is 18.0 Å². The fourth-order valence-corrected chi connectivity index (χ4v) is 5.09. The number of likely N-dealkylation sites (tertiary alicyclic amines) is 1. The lowest BCUT2D eigenvalue weighted by molar-refractivity contribution is 0.0485. The second-order valence-corrected chi connectivity index (χ2v) is 10.5. The Morgan fingerprint density at radius 2 is 1.91 bits per heavy atom. The number of benzene rings is 1. The topological polar surface area (TPSA) is 67.6 Å². The highest BCUT2D eigenvalue weighted by atomic mass is 19.1. The molecule has 1 aliphatic carbocycles. The zero-order valence-corrected chi connectivity index (χ0v) is 19.5. The van der Waals surface area contributed by atoms with Gasteiger partial charge in [0.2, 0.25) is 0 Å². The standard InChI is InChI=1S/C25H36FN3O3/c1-25(2,3)31-24(30)27-20-7-4-17(5-8-20)10-13-29-14-11-18(12-15-29)23-21-9-6-19(26)16-22(21)32-28-23/h6,9,16-18,20H,4-5,7-8,10-15H2,1-3H3,(H,27,30)/t17-,20-. The van der Waals surface area contributed by atoms with Gasteiger partial charge in [-0.05, 0) is 103 Å². The highest BCUT2D eigenvalue weighted by Gasteiger charge is 2.27. The summed E-state index contributed by atoms with van der Waals surface area (Å²) in [5.74, 6) is 0.829. The summed E-state index contributed by atoms with van der Waals surface area (Å²) in [6.07, 6.45) is 7.44. The Hall–Kier alpha value is -2.15. The van der Waals surface area contributed by atoms with Crippen LogP contribution in [0.15, 0.2) is 22.7 Å². The number of nitrogens with one attached hydrogen (secondary N) is 1. The van der Waals surface area contributed by atoms with Crippen molar-refractivity contribution in [3.05, 3.63) is 29.7 Å². The molecule has 0 atom stereocenters. The second kappa shape index (κ2) is 9.77. The maximum atomic E-state index is 13.4. The Balaban J connectivity index is 1.16. The average molecular weight is 446 g/mol. The average Bonchev–Trinajstić information content (AvgIpc) is 3.15. The summed E-state index contributed by atoms with van der Waals surface area (Å²) in [4.78, 5) is 14.5. The molecule has 2 aliphatic rings. The number of carbonyl (C=O) groups excluding carboxylic acids is 1. The second-order valence-electron chi connectivity index (χ2n) is 10.5. The zero-order valence-electron chi connectivity index (χ0n) is 19.5. The van der Waals surface area contributed by atoms with Crippen LogP contribution < -0.4 is 5.32 Å². The van der Waals surface area contributed by atoms with Crippen molar-refractivity contribution >= 4 is 17.1 Å². The summed E-state index contributed by atoms with van der Waals surface area (Å²) in [7, 11) is 0. The number of alkyl carbamates (subject to hydrolysis) is 1. The number of amides is 1. The van der Waals surface area contributed by atoms with Crippen LogP contribution in [0.5, 0.6) is 0 Å². The molecular formula is C25H36FN3O3. The van der Waals surface area contributed by atoms with Crippen LogP contribution in [-0.2, 0) is 4.74 Å². The van der Waals surface area contributed by atoms with Crippen molar-refractivity contribution in [3.8, 4) is 0 Å². The number of piperidine rings is 1. The minimum Gasteiger partial charge on any atom is -0.444 e. The lowest BCUT2D eigenvalue weighted by atomic mass is 9.84. The third-order valence-electron chi connectivity index (χ3n) is 6.86. The third-order valence-corrected chi connectivity index (χ3v) is 6.86. The maximum Gasteiger partial charge on any atom is 0.407 e. The number of halogens is 1. The summed E-state index contributed by atoms with van der Waals surface area (Å²) >= 11 is 0. The van der Waals surface area contributed by atoms with Crippen LogP contribution in [0.1, 0.15) is 77.3 Å². The summed E-state index contributed by atoms with van der Waals surface area (Å²) in [5, 5.41) is 8.23. The number of nitrogens with zero attached hydrogens (tertiary/aromatic N) is 2. The van der Waals surface area contributed by atoms with Crippen LogP contribution >= 0.6 is 0 Å². The number of rotatable bonds is 5. The van der Waals surface area contributed by atoms with E-state index < -0.39 is 5.60 Å². The van der Waals surface area contributed by atoms with E-state index in [1.54, 1.807) is 6.07 Å². The molecule has 1 saturated heterocycles. The first-order valence-electron chi connectivity index (χ1n) is 12.0. The van der Waals surface area contributed by atoms with Crippen molar-refractivity contribution in [3.63, 3.8) is 0 Å². The molecule has 6 nitrogen and oxygen atoms in total. The van der Waals surface area contributed by atoms with Gasteiger partial charge in [0.15, 0.2) is 5.58 Å². The molecule has 4 rings (SSSR count). The van der Waals surface area contributed by atoms with Crippen molar-refractivity contribution in [2.24, 2.45) is 5.92 Å². The molecule has 0 unspecified atom stereocenters. The molecule has 7 heteroatoms. The quantitative estimate of drug-likeness (QED) is 0.647. The minimum absolute atomic E-state index is 0.239. The van der Waals surface area contributed by atoms with Gasteiger partial charge in [-0.3, -0.25) is 0 Å². The molecule has 0 bridgehead atoms. The van der Waals surface area contributed by atoms with Gasteiger partial charge in [0, 0.05) is 23.4 Å². The van der Waals surface area contributed by atoms with Crippen molar-refractivity contribution in [1.29, 1.82) is 0 Å². The number of carbonyl (C=O) groups is 1. The summed E-state index contributed by atoms with van der Waals surface area (Å²) in [5.41, 5.74) is 1.07. The first-order chi connectivity index (χ1) is 15.3. The van der Waals surface area contributed by atoms with E-state index in [0.717, 1.165) is 62.3 Å². The Bertz CT molecular complexity index is 907. The van der Waals surface area contributed by atoms with Gasteiger partial charge in [-0.25, -0.2) is 9.18 Å². The van der Waals surface area contributed by atoms with Crippen molar-refractivity contribution in [1.82, 2.24) is 15.4 Å². The minimum atomic E-state index is -0.451. The van der Waals surface area contributed by atoms with E-state index in [1.807, 2.05) is 20.8 Å². The van der Waals surface area contributed by atoms with Gasteiger partial charge in [0.1, 0.15) is 11.4 Å². The Labute approximate surface area is 189 Å². The number of fused-ring (bicyclic) bond motifs is 1. The predicted octanol–water partition coefficient (Wildman–Crippen LogP) is 5.62. The van der Waals surface area contributed by atoms with Gasteiger partial charge in [-0.2, -0.15) is 0 Å². The molecule has 1 aromatic carbocycles. The van der Waals surface area contributed by atoms with Crippen molar-refractivity contribution < 1.29 is 18.4 Å². The van der Waals surface area contributed by atoms with Crippen LogP contribution in [0, 0.1) is 11.7 Å². The van der Waals surface area contributed by atoms with Crippen LogP contribution in [0.3, 0.4) is 0 Å². The molecule has 176 valence electrons. The predicted molar refractivity (Wildman–Crippen MR) is 122 cm³/mol. The van der Waals surface area contributed by atoms with Gasteiger partial charge in [-0.1, -0.05) is 5.16 Å². The van der Waals surface area contributed by atoms with Crippen molar-refractivity contribution in [2.45, 2.75) is 83.3 Å². The fraction of sp³-hybridized carbons (Fsp3) is 0.680. The SMILES string of the molecule is CC(C)(C)OC(=O)N[C@H]1CC[C@H](CCN2CCC(c3noc4cc(F)ccc34)CC2)CC1. The molecule has 1 saturated carbocycles. The summed E-state index contributed by atoms with van der Waals surface area (Å²) < 4.78 is 24.1. The number of hydrogen-bond acceptors (Lipinski definition) is 5. The van der Waals surface area contributed by atoms with E-state index in [1.165, 1.54) is 31.4 Å². The van der Waals surface area contributed by atoms with Crippen LogP contribution in [0.2, 0.25) is 0 Å². The summed E-state index contributed by atoms with van der Waals surface area (Å²) in [6.45, 7) is 8.93. The monoisotopic (exact) mass is 445 g/mol. The Morgan fingerprint density at radius 1 is 1.19 bits per heavy atom. The number of hydrogen-bond donors (Lipinski definition) is 1. The zero-order chi connectivity index (χ0) is 22.7. The maximum absolute atomic E-state index is 13.4. The summed E-state index contributed by atoms with van der Waals surface area (Å²) in [6, 6.07) is 4.92. The normalized spacial score (nSPS) is 23.4. The first-order valence-corrected chi connectivity index (χ1v) is 12.0. The molecule has 2 heterocycles. The molecule has 1 aromatic heterocycles. The Kier molecular flexibility index (Phi) is 7.03. The van der Waals surface area contributed by atoms with E-state index in [2.05, 4.69) is 15.4 Å². The lowest BCUT2D eigenvalue weighted by Crippen LogP contribution is -2.41. The van der Waals surface area contributed by atoms with Gasteiger partial charge in [-0.15, -0.1) is 0 Å². The molecule has 2 aromatic rings. The largest absolute Gasteiger partial charge is 0.444 e. The highest BCUT2D eigenvalue weighted by molar-refractivity contribution is 5.79. The highest BCUT2D eigenvalue weighted by Crippen LogP contribution is 2.33. The van der Waals surface area contributed by atoms with E-state index in [0.29, 0.717) is 11.5 Å². The number of aromatic nitrogens is 1. The molecule has 0 spiro atoms. The van der Waals surface area contributed by atoms with E-state index >= 15 is 0 Å². The van der Waals surface area contributed by atoms with Gasteiger partial charge in [0.05, 0.1) is 5.69 Å². The van der Waals surface area contributed by atoms with E-state index in [4.69, 9.17) is 9.26 Å². The van der Waals surface area contributed by atoms with Crippen LogP contribution in [0.25, 0.3) is 11.0 Å². The van der Waals surface area contributed by atoms with Gasteiger partial charge >= 0.3 is 6.09 Å².